The minimum absolute atomic E-state index is 0.0307. The van der Waals surface area contributed by atoms with Gasteiger partial charge < -0.3 is 21.3 Å². The van der Waals surface area contributed by atoms with Crippen LogP contribution in [0.2, 0.25) is 0 Å². The second-order valence-electron chi connectivity index (χ2n) is 9.72. The Morgan fingerprint density at radius 1 is 0.973 bits per heavy atom. The first-order chi connectivity index (χ1) is 18.1. The number of carbonyl (C=O) groups is 1. The molecule has 196 valence electrons. The lowest BCUT2D eigenvalue weighted by Gasteiger charge is -2.28. The van der Waals surface area contributed by atoms with Crippen molar-refractivity contribution in [3.8, 4) is 0 Å². The van der Waals surface area contributed by atoms with Crippen molar-refractivity contribution in [2.45, 2.75) is 57.8 Å². The highest BCUT2D eigenvalue weighted by Gasteiger charge is 2.27. The zero-order chi connectivity index (χ0) is 26.0. The molecule has 1 aromatic heterocycles. The second-order valence-corrected chi connectivity index (χ2v) is 9.72. The molecule has 0 aliphatic heterocycles. The summed E-state index contributed by atoms with van der Waals surface area (Å²) in [5.41, 5.74) is 2.74. The summed E-state index contributed by atoms with van der Waals surface area (Å²) in [7, 11) is 1.85. The Morgan fingerprint density at radius 3 is 2.35 bits per heavy atom. The van der Waals surface area contributed by atoms with Crippen molar-refractivity contribution in [1.29, 1.82) is 0 Å². The maximum atomic E-state index is 13.2. The van der Waals surface area contributed by atoms with Crippen molar-refractivity contribution < 1.29 is 9.18 Å². The normalized spacial score (nSPS) is 18.0. The number of nitrogens with one attached hydrogen (secondary N) is 4. The molecule has 37 heavy (non-hydrogen) atoms. The molecule has 0 radical (unpaired) electrons. The number of hydrogen-bond donors (Lipinski definition) is 4. The minimum Gasteiger partial charge on any atom is -0.373 e. The fourth-order valence-corrected chi connectivity index (χ4v) is 4.76. The van der Waals surface area contributed by atoms with Gasteiger partial charge in [-0.2, -0.15) is 9.97 Å². The number of aromatic nitrogens is 2. The third kappa shape index (κ3) is 7.41. The molecule has 1 aliphatic carbocycles. The SMILES string of the molecule is CNc1cc(NC[C@H](C)c2ccccc2)nc(N[C@H]2CC[C@@H](C(=O)NCc3ccccc3CF)CC2)n1. The molecule has 1 fully saturated rings. The zero-order valence-corrected chi connectivity index (χ0v) is 21.6. The van der Waals surface area contributed by atoms with E-state index >= 15 is 0 Å². The van der Waals surface area contributed by atoms with Crippen LogP contribution in [0.3, 0.4) is 0 Å². The Hall–Kier alpha value is -3.68. The van der Waals surface area contributed by atoms with Gasteiger partial charge in [0.15, 0.2) is 0 Å². The van der Waals surface area contributed by atoms with Crippen molar-refractivity contribution in [3.05, 3.63) is 77.4 Å². The van der Waals surface area contributed by atoms with Gasteiger partial charge in [0.25, 0.3) is 0 Å². The van der Waals surface area contributed by atoms with E-state index in [4.69, 9.17) is 4.98 Å². The molecule has 8 heteroatoms. The zero-order valence-electron chi connectivity index (χ0n) is 21.6. The van der Waals surface area contributed by atoms with E-state index in [1.807, 2.05) is 37.4 Å². The number of carbonyl (C=O) groups excluding carboxylic acids is 1. The van der Waals surface area contributed by atoms with Gasteiger partial charge in [-0.3, -0.25) is 4.79 Å². The summed E-state index contributed by atoms with van der Waals surface area (Å²) in [4.78, 5) is 22.0. The van der Waals surface area contributed by atoms with Gasteiger partial charge in [-0.05, 0) is 48.3 Å². The number of anilines is 3. The molecule has 4 rings (SSSR count). The van der Waals surface area contributed by atoms with Crippen LogP contribution in [0.4, 0.5) is 22.0 Å². The molecule has 0 spiro atoms. The number of hydrogen-bond acceptors (Lipinski definition) is 6. The lowest BCUT2D eigenvalue weighted by molar-refractivity contribution is -0.126. The van der Waals surface area contributed by atoms with E-state index in [-0.39, 0.29) is 17.9 Å². The fourth-order valence-electron chi connectivity index (χ4n) is 4.76. The van der Waals surface area contributed by atoms with Gasteiger partial charge in [-0.1, -0.05) is 61.5 Å². The quantitative estimate of drug-likeness (QED) is 0.276. The summed E-state index contributed by atoms with van der Waals surface area (Å²) in [5, 5.41) is 13.0. The molecule has 1 saturated carbocycles. The summed E-state index contributed by atoms with van der Waals surface area (Å²) < 4.78 is 13.2. The summed E-state index contributed by atoms with van der Waals surface area (Å²) in [6.07, 6.45) is 3.31. The van der Waals surface area contributed by atoms with Crippen LogP contribution in [0.25, 0.3) is 0 Å². The van der Waals surface area contributed by atoms with Gasteiger partial charge in [-0.15, -0.1) is 0 Å². The van der Waals surface area contributed by atoms with Crippen LogP contribution < -0.4 is 21.3 Å². The van der Waals surface area contributed by atoms with Gasteiger partial charge in [0.1, 0.15) is 18.3 Å². The van der Waals surface area contributed by atoms with E-state index in [9.17, 15) is 9.18 Å². The van der Waals surface area contributed by atoms with Crippen LogP contribution >= 0.6 is 0 Å². The monoisotopic (exact) mass is 504 g/mol. The average Bonchev–Trinajstić information content (AvgIpc) is 2.95. The molecular formula is C29H37FN6O. The van der Waals surface area contributed by atoms with Crippen LogP contribution in [0.1, 0.15) is 55.2 Å². The van der Waals surface area contributed by atoms with Crippen LogP contribution in [-0.4, -0.2) is 35.5 Å². The van der Waals surface area contributed by atoms with Crippen LogP contribution in [0, 0.1) is 5.92 Å². The summed E-state index contributed by atoms with van der Waals surface area (Å²) >= 11 is 0. The van der Waals surface area contributed by atoms with Gasteiger partial charge in [0, 0.05) is 38.2 Å². The van der Waals surface area contributed by atoms with Crippen molar-refractivity contribution in [3.63, 3.8) is 0 Å². The first kappa shape index (κ1) is 26.4. The second kappa shape index (κ2) is 13.0. The number of halogens is 1. The fraction of sp³-hybridized carbons (Fsp3) is 0.414. The molecule has 1 heterocycles. The number of nitrogens with zero attached hydrogens (tertiary/aromatic N) is 2. The minimum atomic E-state index is -0.525. The Labute approximate surface area is 218 Å². The predicted molar refractivity (Wildman–Crippen MR) is 147 cm³/mol. The number of benzene rings is 2. The third-order valence-electron chi connectivity index (χ3n) is 7.09. The van der Waals surface area contributed by atoms with E-state index in [2.05, 4.69) is 57.4 Å². The number of amides is 1. The van der Waals surface area contributed by atoms with E-state index in [1.54, 1.807) is 6.07 Å². The van der Waals surface area contributed by atoms with Crippen molar-refractivity contribution >= 4 is 23.5 Å². The molecule has 0 unspecified atom stereocenters. The van der Waals surface area contributed by atoms with Crippen LogP contribution in [-0.2, 0) is 18.0 Å². The molecular weight excluding hydrogens is 467 g/mol. The maximum Gasteiger partial charge on any atom is 0.226 e. The van der Waals surface area contributed by atoms with Gasteiger partial charge in [-0.25, -0.2) is 4.39 Å². The maximum absolute atomic E-state index is 13.2. The molecule has 1 aliphatic rings. The predicted octanol–water partition coefficient (Wildman–Crippen LogP) is 5.49. The Kier molecular flexibility index (Phi) is 9.29. The Balaban J connectivity index is 1.27. The van der Waals surface area contributed by atoms with Crippen molar-refractivity contribution in [2.24, 2.45) is 5.92 Å². The summed E-state index contributed by atoms with van der Waals surface area (Å²) in [6, 6.07) is 19.8. The first-order valence-corrected chi connectivity index (χ1v) is 13.1. The smallest absolute Gasteiger partial charge is 0.226 e. The van der Waals surface area contributed by atoms with Crippen molar-refractivity contribution in [1.82, 2.24) is 15.3 Å². The number of rotatable bonds is 11. The van der Waals surface area contributed by atoms with E-state index in [1.165, 1.54) is 5.56 Å². The lowest BCUT2D eigenvalue weighted by Crippen LogP contribution is -2.36. The van der Waals surface area contributed by atoms with Gasteiger partial charge >= 0.3 is 0 Å². The van der Waals surface area contributed by atoms with Crippen LogP contribution in [0.5, 0.6) is 0 Å². The number of alkyl halides is 1. The van der Waals surface area contributed by atoms with Gasteiger partial charge in [0.05, 0.1) is 0 Å². The standard InChI is InChI=1S/C29H37FN6O/c1-20(21-8-4-3-5-9-21)18-32-27-16-26(31-2)35-29(36-27)34-25-14-12-22(13-15-25)28(37)33-19-24-11-7-6-10-23(24)17-30/h3-11,16,20,22,25H,12-15,17-19H2,1-2H3,(H,33,37)(H3,31,32,34,35,36)/t20-,22-,25+/m0/s1. The molecule has 1 atom stereocenters. The first-order valence-electron chi connectivity index (χ1n) is 13.1. The summed E-state index contributed by atoms with van der Waals surface area (Å²) in [6.45, 7) is 2.79. The molecule has 3 aromatic rings. The molecule has 4 N–H and O–H groups in total. The molecule has 0 bridgehead atoms. The lowest BCUT2D eigenvalue weighted by atomic mass is 9.85. The Morgan fingerprint density at radius 2 is 1.65 bits per heavy atom. The molecule has 7 nitrogen and oxygen atoms in total. The third-order valence-corrected chi connectivity index (χ3v) is 7.09. The van der Waals surface area contributed by atoms with E-state index < -0.39 is 6.67 Å². The van der Waals surface area contributed by atoms with E-state index in [0.717, 1.165) is 49.4 Å². The average molecular weight is 505 g/mol. The molecule has 0 saturated heterocycles. The molecule has 2 aromatic carbocycles. The van der Waals surface area contributed by atoms with Crippen molar-refractivity contribution in [2.75, 3.05) is 29.5 Å². The van der Waals surface area contributed by atoms with Gasteiger partial charge in [0.2, 0.25) is 11.9 Å². The largest absolute Gasteiger partial charge is 0.373 e. The summed E-state index contributed by atoms with van der Waals surface area (Å²) in [5.74, 6) is 2.45. The molecule has 1 amide bonds. The van der Waals surface area contributed by atoms with E-state index in [0.29, 0.717) is 24.0 Å². The highest BCUT2D eigenvalue weighted by molar-refractivity contribution is 5.78. The Bertz CT molecular complexity index is 1150. The highest BCUT2D eigenvalue weighted by atomic mass is 19.1. The highest BCUT2D eigenvalue weighted by Crippen LogP contribution is 2.27. The van der Waals surface area contributed by atoms with Crippen LogP contribution in [0.15, 0.2) is 60.7 Å². The topological polar surface area (TPSA) is 91.0 Å².